The summed E-state index contributed by atoms with van der Waals surface area (Å²) < 4.78 is 22.5. The zero-order chi connectivity index (χ0) is 13.2. The molecule has 1 aromatic rings. The Morgan fingerprint density at radius 1 is 1.47 bits per heavy atom. The van der Waals surface area contributed by atoms with E-state index in [0.717, 1.165) is 6.26 Å². The van der Waals surface area contributed by atoms with Crippen molar-refractivity contribution >= 4 is 15.8 Å². The van der Waals surface area contributed by atoms with Crippen molar-refractivity contribution in [2.75, 3.05) is 26.9 Å². The summed E-state index contributed by atoms with van der Waals surface area (Å²) in [5, 5.41) is 8.62. The summed E-state index contributed by atoms with van der Waals surface area (Å²) in [6.45, 7) is 0.603. The molecule has 0 atom stereocenters. The molecule has 0 saturated heterocycles. The van der Waals surface area contributed by atoms with Crippen molar-refractivity contribution in [1.82, 2.24) is 14.9 Å². The number of aromatic carboxylic acids is 1. The van der Waals surface area contributed by atoms with Gasteiger partial charge in [-0.05, 0) is 14.1 Å². The Morgan fingerprint density at radius 3 is 2.47 bits per heavy atom. The van der Waals surface area contributed by atoms with Crippen LogP contribution in [0.5, 0.6) is 0 Å². The molecule has 1 aromatic heterocycles. The summed E-state index contributed by atoms with van der Waals surface area (Å²) >= 11 is 0. The van der Waals surface area contributed by atoms with Crippen molar-refractivity contribution in [3.63, 3.8) is 0 Å². The highest BCUT2D eigenvalue weighted by molar-refractivity contribution is 7.90. The number of aromatic amines is 1. The lowest BCUT2D eigenvalue weighted by molar-refractivity contribution is 0.0689. The van der Waals surface area contributed by atoms with Gasteiger partial charge in [-0.3, -0.25) is 0 Å². The maximum atomic E-state index is 11.3. The Labute approximate surface area is 99.4 Å². The SMILES string of the molecule is CN(C)CCc1[nH]c(S(C)(=O)=O)nc1C(=O)O. The lowest BCUT2D eigenvalue weighted by Gasteiger charge is -2.07. The lowest BCUT2D eigenvalue weighted by atomic mass is 10.2. The van der Waals surface area contributed by atoms with Gasteiger partial charge in [0.25, 0.3) is 0 Å². The van der Waals surface area contributed by atoms with Crippen LogP contribution in [-0.4, -0.2) is 61.3 Å². The number of nitrogens with one attached hydrogen (secondary N) is 1. The molecular formula is C9H15N3O4S. The molecule has 1 rings (SSSR count). The third-order valence-electron chi connectivity index (χ3n) is 2.12. The molecule has 0 aromatic carbocycles. The number of aromatic nitrogens is 2. The maximum Gasteiger partial charge on any atom is 0.356 e. The minimum atomic E-state index is -3.52. The van der Waals surface area contributed by atoms with Gasteiger partial charge in [0.2, 0.25) is 15.0 Å². The van der Waals surface area contributed by atoms with Crippen LogP contribution in [0.15, 0.2) is 5.16 Å². The second-order valence-electron chi connectivity index (χ2n) is 4.00. The summed E-state index contributed by atoms with van der Waals surface area (Å²) in [5.41, 5.74) is 0.0962. The van der Waals surface area contributed by atoms with E-state index in [-0.39, 0.29) is 10.9 Å². The predicted octanol–water partition coefficient (Wildman–Crippen LogP) is -0.384. The second kappa shape index (κ2) is 4.84. The highest BCUT2D eigenvalue weighted by Gasteiger charge is 2.21. The van der Waals surface area contributed by atoms with Crippen LogP contribution in [0.4, 0.5) is 0 Å². The van der Waals surface area contributed by atoms with Crippen molar-refractivity contribution in [3.05, 3.63) is 11.4 Å². The minimum Gasteiger partial charge on any atom is -0.476 e. The van der Waals surface area contributed by atoms with Gasteiger partial charge in [0.15, 0.2) is 5.69 Å². The van der Waals surface area contributed by atoms with E-state index in [1.54, 1.807) is 0 Å². The highest BCUT2D eigenvalue weighted by atomic mass is 32.2. The molecule has 96 valence electrons. The van der Waals surface area contributed by atoms with Gasteiger partial charge in [0.05, 0.1) is 5.69 Å². The first-order valence-electron chi connectivity index (χ1n) is 4.88. The molecule has 0 fully saturated rings. The number of likely N-dealkylation sites (N-methyl/N-ethyl adjacent to an activating group) is 1. The van der Waals surface area contributed by atoms with Gasteiger partial charge in [-0.1, -0.05) is 0 Å². The summed E-state index contributed by atoms with van der Waals surface area (Å²) in [6, 6.07) is 0. The number of sulfone groups is 1. The number of hydrogen-bond donors (Lipinski definition) is 2. The summed E-state index contributed by atoms with van der Waals surface area (Å²) in [4.78, 5) is 18.9. The Hall–Kier alpha value is -1.41. The van der Waals surface area contributed by atoms with E-state index in [1.165, 1.54) is 0 Å². The van der Waals surface area contributed by atoms with Gasteiger partial charge in [-0.25, -0.2) is 18.2 Å². The average molecular weight is 261 g/mol. The Kier molecular flexibility index (Phi) is 3.89. The molecule has 0 saturated carbocycles. The third kappa shape index (κ3) is 3.53. The molecule has 2 N–H and O–H groups in total. The second-order valence-corrected chi connectivity index (χ2v) is 5.93. The predicted molar refractivity (Wildman–Crippen MR) is 60.9 cm³/mol. The molecule has 0 aliphatic rings. The Bertz CT molecular complexity index is 518. The van der Waals surface area contributed by atoms with Gasteiger partial charge >= 0.3 is 5.97 Å². The monoisotopic (exact) mass is 261 g/mol. The van der Waals surface area contributed by atoms with Crippen molar-refractivity contribution < 1.29 is 18.3 Å². The van der Waals surface area contributed by atoms with E-state index in [9.17, 15) is 13.2 Å². The fourth-order valence-corrected chi connectivity index (χ4v) is 1.82. The molecule has 0 radical (unpaired) electrons. The number of imidazole rings is 1. The lowest BCUT2D eigenvalue weighted by Crippen LogP contribution is -2.16. The number of H-pyrrole nitrogens is 1. The zero-order valence-electron chi connectivity index (χ0n) is 9.89. The Balaban J connectivity index is 3.10. The molecule has 7 nitrogen and oxygen atoms in total. The standard InChI is InChI=1S/C9H15N3O4S/c1-12(2)5-4-6-7(8(13)14)11-9(10-6)17(3,15)16/h4-5H2,1-3H3,(H,10,11)(H,13,14). The number of carboxylic acid groups (broad SMARTS) is 1. The van der Waals surface area contributed by atoms with Crippen LogP contribution in [0.1, 0.15) is 16.2 Å². The fourth-order valence-electron chi connectivity index (χ4n) is 1.25. The summed E-state index contributed by atoms with van der Waals surface area (Å²) in [6.07, 6.45) is 1.38. The first-order chi connectivity index (χ1) is 7.71. The van der Waals surface area contributed by atoms with Gasteiger partial charge in [0, 0.05) is 19.2 Å². The number of carboxylic acids is 1. The van der Waals surface area contributed by atoms with E-state index in [2.05, 4.69) is 9.97 Å². The van der Waals surface area contributed by atoms with Crippen molar-refractivity contribution in [2.24, 2.45) is 0 Å². The first kappa shape index (κ1) is 13.7. The first-order valence-corrected chi connectivity index (χ1v) is 6.78. The van der Waals surface area contributed by atoms with E-state index < -0.39 is 15.8 Å². The summed E-state index contributed by atoms with van der Waals surface area (Å²) in [5.74, 6) is -1.23. The molecule has 8 heteroatoms. The number of rotatable bonds is 5. The van der Waals surface area contributed by atoms with Crippen LogP contribution >= 0.6 is 0 Å². The van der Waals surface area contributed by atoms with E-state index in [1.807, 2.05) is 19.0 Å². The molecule has 0 unspecified atom stereocenters. The van der Waals surface area contributed by atoms with Crippen molar-refractivity contribution in [1.29, 1.82) is 0 Å². The fraction of sp³-hybridized carbons (Fsp3) is 0.556. The largest absolute Gasteiger partial charge is 0.476 e. The van der Waals surface area contributed by atoms with E-state index >= 15 is 0 Å². The zero-order valence-corrected chi connectivity index (χ0v) is 10.7. The smallest absolute Gasteiger partial charge is 0.356 e. The normalized spacial score (nSPS) is 12.0. The maximum absolute atomic E-state index is 11.3. The molecule has 0 aliphatic heterocycles. The van der Waals surface area contributed by atoms with Gasteiger partial charge in [-0.15, -0.1) is 0 Å². The molecule has 0 bridgehead atoms. The van der Waals surface area contributed by atoms with Crippen molar-refractivity contribution in [2.45, 2.75) is 11.6 Å². The van der Waals surface area contributed by atoms with E-state index in [0.29, 0.717) is 18.7 Å². The van der Waals surface area contributed by atoms with Gasteiger partial charge in [0.1, 0.15) is 0 Å². The molecule has 0 amide bonds. The van der Waals surface area contributed by atoms with Crippen LogP contribution in [0, 0.1) is 0 Å². The number of hydrogen-bond acceptors (Lipinski definition) is 5. The van der Waals surface area contributed by atoms with Crippen LogP contribution in [-0.2, 0) is 16.3 Å². The highest BCUT2D eigenvalue weighted by Crippen LogP contribution is 2.11. The van der Waals surface area contributed by atoms with Crippen LogP contribution in [0.3, 0.4) is 0 Å². The minimum absolute atomic E-state index is 0.229. The van der Waals surface area contributed by atoms with Gasteiger partial charge < -0.3 is 15.0 Å². The van der Waals surface area contributed by atoms with Crippen LogP contribution < -0.4 is 0 Å². The van der Waals surface area contributed by atoms with Gasteiger partial charge in [-0.2, -0.15) is 0 Å². The third-order valence-corrected chi connectivity index (χ3v) is 3.02. The van der Waals surface area contributed by atoms with Crippen LogP contribution in [0.25, 0.3) is 0 Å². The Morgan fingerprint density at radius 2 is 2.06 bits per heavy atom. The molecule has 0 spiro atoms. The van der Waals surface area contributed by atoms with Crippen molar-refractivity contribution in [3.8, 4) is 0 Å². The molecule has 1 heterocycles. The quantitative estimate of drug-likeness (QED) is 0.748. The summed E-state index contributed by atoms with van der Waals surface area (Å²) in [7, 11) is 0.163. The van der Waals surface area contributed by atoms with Crippen LogP contribution in [0.2, 0.25) is 0 Å². The molecular weight excluding hydrogens is 246 g/mol. The number of nitrogens with zero attached hydrogens (tertiary/aromatic N) is 2. The number of carbonyl (C=O) groups is 1. The molecule has 0 aliphatic carbocycles. The topological polar surface area (TPSA) is 103 Å². The van der Waals surface area contributed by atoms with E-state index in [4.69, 9.17) is 5.11 Å². The average Bonchev–Trinajstić information content (AvgIpc) is 2.57. The molecule has 17 heavy (non-hydrogen) atoms.